The van der Waals surface area contributed by atoms with Crippen molar-refractivity contribution in [1.29, 1.82) is 0 Å². The summed E-state index contributed by atoms with van der Waals surface area (Å²) in [7, 11) is 0. The number of nitrogens with zero attached hydrogens (tertiary/aromatic N) is 1. The number of hydrogen-bond acceptors (Lipinski definition) is 6. The summed E-state index contributed by atoms with van der Waals surface area (Å²) >= 11 is 11.7. The number of benzene rings is 2. The normalized spacial score (nSPS) is 12.6. The van der Waals surface area contributed by atoms with Crippen molar-refractivity contribution in [2.24, 2.45) is 5.73 Å². The van der Waals surface area contributed by atoms with Crippen molar-refractivity contribution in [3.05, 3.63) is 60.2 Å². The Bertz CT molecular complexity index is 943. The summed E-state index contributed by atoms with van der Waals surface area (Å²) in [5, 5.41) is 11.6. The molecule has 2 rings (SSSR count). The minimum atomic E-state index is -1.39. The zero-order valence-corrected chi connectivity index (χ0v) is 20.0. The Labute approximate surface area is 207 Å². The molecular weight excluding hydrogens is 485 g/mol. The highest BCUT2D eigenvalue weighted by atomic mass is 35.5. The van der Waals surface area contributed by atoms with Crippen LogP contribution in [0.4, 0.5) is 0 Å². The van der Waals surface area contributed by atoms with Crippen molar-refractivity contribution in [3.8, 4) is 11.5 Å². The molecule has 0 aromatic heterocycles. The molecule has 0 aliphatic heterocycles. The number of rotatable bonds is 13. The molecule has 2 aromatic carbocycles. The first-order valence-corrected chi connectivity index (χ1v) is 11.4. The number of nitrogens with two attached hydrogens (primary N) is 1. The van der Waals surface area contributed by atoms with E-state index in [1.54, 1.807) is 43.3 Å². The molecular formula is C23H27Cl2N3O6. The van der Waals surface area contributed by atoms with Gasteiger partial charge in [0.25, 0.3) is 5.91 Å². The fourth-order valence-corrected chi connectivity index (χ4v) is 3.26. The molecule has 184 valence electrons. The summed E-state index contributed by atoms with van der Waals surface area (Å²) in [5.41, 5.74) is 6.21. The second-order valence-corrected chi connectivity index (χ2v) is 8.23. The van der Waals surface area contributed by atoms with Gasteiger partial charge in [-0.25, -0.2) is 0 Å². The third-order valence-electron chi connectivity index (χ3n) is 4.65. The predicted molar refractivity (Wildman–Crippen MR) is 128 cm³/mol. The topological polar surface area (TPSA) is 131 Å². The second kappa shape index (κ2) is 13.8. The number of halogens is 2. The van der Waals surface area contributed by atoms with Gasteiger partial charge in [-0.05, 0) is 36.8 Å². The molecule has 0 saturated heterocycles. The number of amides is 2. The first kappa shape index (κ1) is 27.4. The van der Waals surface area contributed by atoms with Gasteiger partial charge in [-0.3, -0.25) is 14.4 Å². The number of nitrogens with one attached hydrogen (secondary N) is 1. The van der Waals surface area contributed by atoms with Crippen LogP contribution in [0.3, 0.4) is 0 Å². The zero-order valence-electron chi connectivity index (χ0n) is 18.5. The maximum Gasteiger partial charge on any atom is 0.305 e. The van der Waals surface area contributed by atoms with Gasteiger partial charge in [0, 0.05) is 13.2 Å². The molecule has 2 unspecified atom stereocenters. The number of hydrogen-bond donors (Lipinski definition) is 3. The highest BCUT2D eigenvalue weighted by Gasteiger charge is 2.31. The largest absolute Gasteiger partial charge is 0.481 e. The van der Waals surface area contributed by atoms with E-state index in [1.807, 2.05) is 18.2 Å². The molecule has 0 heterocycles. The van der Waals surface area contributed by atoms with Crippen LogP contribution in [0.5, 0.6) is 11.5 Å². The summed E-state index contributed by atoms with van der Waals surface area (Å²) in [5.74, 6) is -1.48. The number of ether oxygens (including phenoxy) is 2. The van der Waals surface area contributed by atoms with Gasteiger partial charge in [-0.2, -0.15) is 0 Å². The molecule has 2 amide bonds. The maximum absolute atomic E-state index is 12.8. The Morgan fingerprint density at radius 3 is 2.24 bits per heavy atom. The molecule has 0 spiro atoms. The summed E-state index contributed by atoms with van der Waals surface area (Å²) in [6.45, 7) is 2.43. The van der Waals surface area contributed by atoms with Crippen LogP contribution in [0.25, 0.3) is 0 Å². The van der Waals surface area contributed by atoms with E-state index in [9.17, 15) is 14.4 Å². The summed E-state index contributed by atoms with van der Waals surface area (Å²) < 4.78 is 11.1. The molecule has 9 nitrogen and oxygen atoms in total. The van der Waals surface area contributed by atoms with Crippen molar-refractivity contribution in [2.45, 2.75) is 30.4 Å². The van der Waals surface area contributed by atoms with Crippen LogP contribution in [0, 0.1) is 0 Å². The van der Waals surface area contributed by atoms with E-state index < -0.39 is 41.2 Å². The van der Waals surface area contributed by atoms with Crippen LogP contribution in [0.2, 0.25) is 0 Å². The predicted octanol–water partition coefficient (Wildman–Crippen LogP) is 3.06. The Balaban J connectivity index is 2.34. The lowest BCUT2D eigenvalue weighted by Crippen LogP contribution is -2.51. The number of alkyl halides is 2. The van der Waals surface area contributed by atoms with E-state index >= 15 is 0 Å². The van der Waals surface area contributed by atoms with Crippen LogP contribution in [-0.2, 0) is 19.1 Å². The highest BCUT2D eigenvalue weighted by Crippen LogP contribution is 2.26. The van der Waals surface area contributed by atoms with Gasteiger partial charge in [-0.1, -0.05) is 53.5 Å². The fourth-order valence-electron chi connectivity index (χ4n) is 3.01. The second-order valence-electron chi connectivity index (χ2n) is 7.13. The zero-order chi connectivity index (χ0) is 25.1. The average molecular weight is 512 g/mol. The minimum Gasteiger partial charge on any atom is -0.481 e. The molecule has 34 heavy (non-hydrogen) atoms. The number of carbonyl (C=O) groups is 3. The molecule has 0 bridgehead atoms. The number of aliphatic carboxylic acids is 1. The Morgan fingerprint density at radius 1 is 1.06 bits per heavy atom. The lowest BCUT2D eigenvalue weighted by molar-refractivity contribution is -0.141. The van der Waals surface area contributed by atoms with Crippen molar-refractivity contribution >= 4 is 41.0 Å². The third kappa shape index (κ3) is 8.49. The standard InChI is InChI=1S/C23H27Cl2N3O6/c1-2-33-13-12-28(23(32)20(24)25)21(27-22(31)18(26)14-19(29)30)15-8-10-17(11-9-15)34-16-6-4-3-5-7-16/h3-11,18,20-21H,2,12-14,26H2,1H3,(H,27,31)(H,29,30). The summed E-state index contributed by atoms with van der Waals surface area (Å²) in [4.78, 5) is 36.3. The van der Waals surface area contributed by atoms with Crippen LogP contribution in [-0.4, -0.2) is 58.4 Å². The fraction of sp³-hybridized carbons (Fsp3) is 0.348. The number of carbonyl (C=O) groups excluding carboxylic acids is 2. The lowest BCUT2D eigenvalue weighted by atomic mass is 10.1. The van der Waals surface area contributed by atoms with E-state index in [0.29, 0.717) is 23.7 Å². The lowest BCUT2D eigenvalue weighted by Gasteiger charge is -2.33. The van der Waals surface area contributed by atoms with Gasteiger partial charge in [0.2, 0.25) is 5.91 Å². The van der Waals surface area contributed by atoms with Crippen molar-refractivity contribution in [1.82, 2.24) is 10.2 Å². The van der Waals surface area contributed by atoms with Gasteiger partial charge in [-0.15, -0.1) is 0 Å². The van der Waals surface area contributed by atoms with E-state index in [1.165, 1.54) is 4.90 Å². The van der Waals surface area contributed by atoms with E-state index in [2.05, 4.69) is 5.32 Å². The molecule has 0 aliphatic carbocycles. The molecule has 0 saturated carbocycles. The first-order valence-electron chi connectivity index (χ1n) is 10.5. The van der Waals surface area contributed by atoms with Crippen LogP contribution >= 0.6 is 23.2 Å². The molecule has 11 heteroatoms. The molecule has 2 atom stereocenters. The quantitative estimate of drug-likeness (QED) is 0.214. The van der Waals surface area contributed by atoms with Gasteiger partial charge >= 0.3 is 5.97 Å². The van der Waals surface area contributed by atoms with Crippen LogP contribution in [0.15, 0.2) is 54.6 Å². The Morgan fingerprint density at radius 2 is 1.68 bits per heavy atom. The Kier molecular flexibility index (Phi) is 11.1. The van der Waals surface area contributed by atoms with Gasteiger partial charge in [0.05, 0.1) is 19.1 Å². The van der Waals surface area contributed by atoms with Crippen LogP contribution in [0.1, 0.15) is 25.1 Å². The Hall–Kier alpha value is -2.85. The molecule has 0 radical (unpaired) electrons. The van der Waals surface area contributed by atoms with Crippen molar-refractivity contribution < 1.29 is 29.0 Å². The van der Waals surface area contributed by atoms with E-state index in [0.717, 1.165) is 0 Å². The number of para-hydroxylation sites is 1. The number of carboxylic acid groups (broad SMARTS) is 1. The van der Waals surface area contributed by atoms with Gasteiger partial charge in [0.15, 0.2) is 4.84 Å². The van der Waals surface area contributed by atoms with Gasteiger partial charge < -0.3 is 30.5 Å². The average Bonchev–Trinajstić information content (AvgIpc) is 2.81. The van der Waals surface area contributed by atoms with E-state index in [-0.39, 0.29) is 13.2 Å². The van der Waals surface area contributed by atoms with Crippen LogP contribution < -0.4 is 15.8 Å². The van der Waals surface area contributed by atoms with E-state index in [4.69, 9.17) is 43.5 Å². The first-order chi connectivity index (χ1) is 16.2. The summed E-state index contributed by atoms with van der Waals surface area (Å²) in [6, 6.07) is 14.5. The molecule has 2 aromatic rings. The molecule has 0 fully saturated rings. The third-order valence-corrected chi connectivity index (χ3v) is 5.02. The smallest absolute Gasteiger partial charge is 0.305 e. The monoisotopic (exact) mass is 511 g/mol. The highest BCUT2D eigenvalue weighted by molar-refractivity contribution is 6.53. The van der Waals surface area contributed by atoms with Crippen molar-refractivity contribution in [2.75, 3.05) is 19.8 Å². The maximum atomic E-state index is 12.8. The SMILES string of the molecule is CCOCCN(C(=O)C(Cl)Cl)C(NC(=O)C(N)CC(=O)O)c1ccc(Oc2ccccc2)cc1. The van der Waals surface area contributed by atoms with Gasteiger partial charge in [0.1, 0.15) is 17.7 Å². The number of carboxylic acids is 1. The summed E-state index contributed by atoms with van der Waals surface area (Å²) in [6.07, 6.45) is -1.62. The minimum absolute atomic E-state index is 0.0595. The molecule has 0 aliphatic rings. The van der Waals surface area contributed by atoms with Crippen molar-refractivity contribution in [3.63, 3.8) is 0 Å². The molecule has 4 N–H and O–H groups in total.